The number of nitrogens with one attached hydrogen (secondary N) is 1. The number of hydrogen-bond donors (Lipinski definition) is 2. The first kappa shape index (κ1) is 11.3. The van der Waals surface area contributed by atoms with E-state index in [9.17, 15) is 5.11 Å². The quantitative estimate of drug-likeness (QED) is 0.737. The molecule has 1 unspecified atom stereocenters. The van der Waals surface area contributed by atoms with E-state index in [1.807, 2.05) is 12.1 Å². The number of alkyl halides is 1. The molecule has 14 heavy (non-hydrogen) atoms. The molecule has 1 rings (SSSR count). The van der Waals surface area contributed by atoms with Crippen molar-refractivity contribution in [2.45, 2.75) is 25.3 Å². The topological polar surface area (TPSA) is 32.3 Å². The van der Waals surface area contributed by atoms with Gasteiger partial charge < -0.3 is 10.4 Å². The van der Waals surface area contributed by atoms with Crippen molar-refractivity contribution < 1.29 is 5.11 Å². The summed E-state index contributed by atoms with van der Waals surface area (Å²) in [5, 5.41) is 12.6. The zero-order valence-electron chi connectivity index (χ0n) is 8.33. The highest BCUT2D eigenvalue weighted by atomic mass is 35.5. The summed E-state index contributed by atoms with van der Waals surface area (Å²) >= 11 is 5.95. The van der Waals surface area contributed by atoms with Crippen LogP contribution in [0.25, 0.3) is 0 Å². The second-order valence-electron chi connectivity index (χ2n) is 3.31. The maximum Gasteiger partial charge on any atom is 0.115 e. The average Bonchev–Trinajstić information content (AvgIpc) is 2.17. The van der Waals surface area contributed by atoms with Gasteiger partial charge in [-0.3, -0.25) is 0 Å². The highest BCUT2D eigenvalue weighted by molar-refractivity contribution is 6.20. The molecule has 0 spiro atoms. The van der Waals surface area contributed by atoms with E-state index in [1.54, 1.807) is 12.1 Å². The third kappa shape index (κ3) is 3.99. The summed E-state index contributed by atoms with van der Waals surface area (Å²) in [6.45, 7) is 3.61. The standard InChI is InChI=1S/C11H16ClNO/c1-2-10(12)8-13-7-9-4-3-5-11(14)6-9/h3-6,10,13-14H,2,7-8H2,1H3. The first-order chi connectivity index (χ1) is 6.72. The molecule has 2 nitrogen and oxygen atoms in total. The van der Waals surface area contributed by atoms with Gasteiger partial charge in [0.25, 0.3) is 0 Å². The van der Waals surface area contributed by atoms with Gasteiger partial charge in [0.15, 0.2) is 0 Å². The lowest BCUT2D eigenvalue weighted by Gasteiger charge is -2.08. The smallest absolute Gasteiger partial charge is 0.115 e. The van der Waals surface area contributed by atoms with Crippen molar-refractivity contribution in [3.8, 4) is 5.75 Å². The van der Waals surface area contributed by atoms with Gasteiger partial charge in [0.2, 0.25) is 0 Å². The Morgan fingerprint density at radius 2 is 2.29 bits per heavy atom. The number of phenols is 1. The Balaban J connectivity index is 2.31. The Labute approximate surface area is 89.9 Å². The summed E-state index contributed by atoms with van der Waals surface area (Å²) in [5.74, 6) is 0.308. The molecule has 0 heterocycles. The van der Waals surface area contributed by atoms with E-state index in [0.29, 0.717) is 5.75 Å². The van der Waals surface area contributed by atoms with Crippen LogP contribution < -0.4 is 5.32 Å². The van der Waals surface area contributed by atoms with Crippen LogP contribution in [0.2, 0.25) is 0 Å². The molecule has 1 aromatic rings. The third-order valence-electron chi connectivity index (χ3n) is 2.05. The Morgan fingerprint density at radius 1 is 1.50 bits per heavy atom. The predicted molar refractivity (Wildman–Crippen MR) is 59.7 cm³/mol. The van der Waals surface area contributed by atoms with Gasteiger partial charge in [-0.25, -0.2) is 0 Å². The minimum atomic E-state index is 0.187. The van der Waals surface area contributed by atoms with Crippen LogP contribution in [0.15, 0.2) is 24.3 Å². The lowest BCUT2D eigenvalue weighted by atomic mass is 10.2. The maximum absolute atomic E-state index is 9.21. The molecule has 0 aliphatic carbocycles. The van der Waals surface area contributed by atoms with Crippen LogP contribution in [-0.2, 0) is 6.54 Å². The molecule has 78 valence electrons. The van der Waals surface area contributed by atoms with Gasteiger partial charge in [0, 0.05) is 18.5 Å². The molecule has 0 radical (unpaired) electrons. The molecule has 0 aromatic heterocycles. The molecule has 0 fully saturated rings. The summed E-state index contributed by atoms with van der Waals surface area (Å²) in [7, 11) is 0. The van der Waals surface area contributed by atoms with E-state index in [-0.39, 0.29) is 5.38 Å². The van der Waals surface area contributed by atoms with Gasteiger partial charge in [-0.1, -0.05) is 19.1 Å². The van der Waals surface area contributed by atoms with Gasteiger partial charge >= 0.3 is 0 Å². The van der Waals surface area contributed by atoms with Crippen LogP contribution in [0, 0.1) is 0 Å². The number of aromatic hydroxyl groups is 1. The van der Waals surface area contributed by atoms with E-state index >= 15 is 0 Å². The van der Waals surface area contributed by atoms with Crippen molar-refractivity contribution in [1.29, 1.82) is 0 Å². The van der Waals surface area contributed by atoms with E-state index in [2.05, 4.69) is 12.2 Å². The highest BCUT2D eigenvalue weighted by Gasteiger charge is 2.00. The van der Waals surface area contributed by atoms with Crippen molar-refractivity contribution in [3.63, 3.8) is 0 Å². The van der Waals surface area contributed by atoms with Gasteiger partial charge in [-0.2, -0.15) is 0 Å². The van der Waals surface area contributed by atoms with Crippen LogP contribution in [0.3, 0.4) is 0 Å². The molecule has 0 saturated heterocycles. The minimum absolute atomic E-state index is 0.187. The van der Waals surface area contributed by atoms with Crippen LogP contribution in [0.4, 0.5) is 0 Å². The molecule has 1 aromatic carbocycles. The SMILES string of the molecule is CCC(Cl)CNCc1cccc(O)c1. The van der Waals surface area contributed by atoms with Crippen LogP contribution >= 0.6 is 11.6 Å². The van der Waals surface area contributed by atoms with Gasteiger partial charge in [-0.15, -0.1) is 11.6 Å². The number of benzene rings is 1. The molecule has 0 amide bonds. The highest BCUT2D eigenvalue weighted by Crippen LogP contribution is 2.10. The summed E-state index contributed by atoms with van der Waals surface area (Å²) < 4.78 is 0. The fourth-order valence-corrected chi connectivity index (χ4v) is 1.29. The minimum Gasteiger partial charge on any atom is -0.508 e. The van der Waals surface area contributed by atoms with Gasteiger partial charge in [0.1, 0.15) is 5.75 Å². The van der Waals surface area contributed by atoms with Crippen molar-refractivity contribution in [3.05, 3.63) is 29.8 Å². The number of phenolic OH excluding ortho intramolecular Hbond substituents is 1. The van der Waals surface area contributed by atoms with Crippen molar-refractivity contribution >= 4 is 11.6 Å². The summed E-state index contributed by atoms with van der Waals surface area (Å²) in [6, 6.07) is 7.23. The second-order valence-corrected chi connectivity index (χ2v) is 3.92. The summed E-state index contributed by atoms with van der Waals surface area (Å²) in [5.41, 5.74) is 1.07. The normalized spacial score (nSPS) is 12.7. The van der Waals surface area contributed by atoms with Crippen LogP contribution in [0.1, 0.15) is 18.9 Å². The first-order valence-corrected chi connectivity index (χ1v) is 5.28. The molecule has 0 aliphatic rings. The van der Waals surface area contributed by atoms with Gasteiger partial charge in [-0.05, 0) is 24.1 Å². The monoisotopic (exact) mass is 213 g/mol. The number of hydrogen-bond acceptors (Lipinski definition) is 2. The molecule has 0 bridgehead atoms. The fraction of sp³-hybridized carbons (Fsp3) is 0.455. The fourth-order valence-electron chi connectivity index (χ4n) is 1.18. The Hall–Kier alpha value is -0.730. The van der Waals surface area contributed by atoms with E-state index in [0.717, 1.165) is 25.1 Å². The molecular weight excluding hydrogens is 198 g/mol. The van der Waals surface area contributed by atoms with E-state index < -0.39 is 0 Å². The van der Waals surface area contributed by atoms with Crippen LogP contribution in [0.5, 0.6) is 5.75 Å². The van der Waals surface area contributed by atoms with Crippen LogP contribution in [-0.4, -0.2) is 17.0 Å². The molecule has 3 heteroatoms. The summed E-state index contributed by atoms with van der Waals surface area (Å²) in [4.78, 5) is 0. The Kier molecular flexibility index (Phi) is 4.77. The lowest BCUT2D eigenvalue weighted by molar-refractivity contribution is 0.474. The zero-order valence-corrected chi connectivity index (χ0v) is 9.09. The van der Waals surface area contributed by atoms with Crippen molar-refractivity contribution in [2.24, 2.45) is 0 Å². The number of rotatable bonds is 5. The largest absolute Gasteiger partial charge is 0.508 e. The molecular formula is C11H16ClNO. The predicted octanol–water partition coefficient (Wildman–Crippen LogP) is 2.50. The Bertz CT molecular complexity index is 278. The van der Waals surface area contributed by atoms with E-state index in [4.69, 9.17) is 11.6 Å². The number of halogens is 1. The third-order valence-corrected chi connectivity index (χ3v) is 2.51. The molecule has 2 N–H and O–H groups in total. The summed E-state index contributed by atoms with van der Waals surface area (Å²) in [6.07, 6.45) is 0.967. The Morgan fingerprint density at radius 3 is 2.93 bits per heavy atom. The lowest BCUT2D eigenvalue weighted by Crippen LogP contribution is -2.22. The molecule has 0 saturated carbocycles. The van der Waals surface area contributed by atoms with Gasteiger partial charge in [0.05, 0.1) is 0 Å². The second kappa shape index (κ2) is 5.89. The first-order valence-electron chi connectivity index (χ1n) is 4.85. The van der Waals surface area contributed by atoms with Crippen molar-refractivity contribution in [2.75, 3.05) is 6.54 Å². The molecule has 0 aliphatic heterocycles. The average molecular weight is 214 g/mol. The zero-order chi connectivity index (χ0) is 10.4. The maximum atomic E-state index is 9.21. The van der Waals surface area contributed by atoms with Crippen molar-refractivity contribution in [1.82, 2.24) is 5.32 Å². The molecule has 1 atom stereocenters. The van der Waals surface area contributed by atoms with E-state index in [1.165, 1.54) is 0 Å².